The van der Waals surface area contributed by atoms with Crippen LogP contribution in [0.25, 0.3) is 0 Å². The summed E-state index contributed by atoms with van der Waals surface area (Å²) < 4.78 is 27.9. The minimum absolute atomic E-state index is 0.108. The molecular formula is C21H27N3O5S. The third kappa shape index (κ3) is 6.43. The molecule has 2 amide bonds. The predicted molar refractivity (Wildman–Crippen MR) is 113 cm³/mol. The number of benzene rings is 1. The number of rotatable bonds is 8. The molecule has 9 heteroatoms. The normalized spacial score (nSPS) is 16.2. The van der Waals surface area contributed by atoms with Gasteiger partial charge in [-0.2, -0.15) is 0 Å². The fraction of sp³-hybridized carbons (Fsp3) is 0.429. The van der Waals surface area contributed by atoms with Gasteiger partial charge in [-0.25, -0.2) is 8.42 Å². The Hall–Kier alpha value is -2.65. The Balaban J connectivity index is 1.64. The maximum absolute atomic E-state index is 13.2. The molecule has 1 unspecified atom stereocenters. The molecule has 0 spiro atoms. The summed E-state index contributed by atoms with van der Waals surface area (Å²) in [5.41, 5.74) is 0.947. The van der Waals surface area contributed by atoms with Crippen molar-refractivity contribution in [1.29, 1.82) is 0 Å². The van der Waals surface area contributed by atoms with Crippen molar-refractivity contribution in [3.8, 4) is 0 Å². The zero-order valence-electron chi connectivity index (χ0n) is 17.0. The Bertz CT molecular complexity index is 936. The molecule has 1 aromatic carbocycles. The van der Waals surface area contributed by atoms with Gasteiger partial charge in [0.1, 0.15) is 15.9 Å². The van der Waals surface area contributed by atoms with Crippen LogP contribution in [-0.2, 0) is 21.1 Å². The number of hydrogen-bond donors (Lipinski definition) is 1. The van der Waals surface area contributed by atoms with E-state index in [2.05, 4.69) is 5.32 Å². The van der Waals surface area contributed by atoms with E-state index < -0.39 is 21.8 Å². The van der Waals surface area contributed by atoms with E-state index in [-0.39, 0.29) is 17.4 Å². The topological polar surface area (TPSA) is 99.9 Å². The lowest BCUT2D eigenvalue weighted by Gasteiger charge is -2.36. The molecule has 1 aliphatic rings. The fourth-order valence-corrected chi connectivity index (χ4v) is 3.98. The second-order valence-corrected chi connectivity index (χ2v) is 9.75. The number of nitrogens with one attached hydrogen (secondary N) is 1. The first-order chi connectivity index (χ1) is 14.3. The van der Waals surface area contributed by atoms with Crippen LogP contribution in [0.5, 0.6) is 0 Å². The predicted octanol–water partition coefficient (Wildman–Crippen LogP) is 0.810. The second-order valence-electron chi connectivity index (χ2n) is 7.49. The molecule has 0 aliphatic carbocycles. The quantitative estimate of drug-likeness (QED) is 0.661. The largest absolute Gasteiger partial charge is 0.459 e. The van der Waals surface area contributed by atoms with Gasteiger partial charge in [0.05, 0.1) is 12.0 Å². The highest BCUT2D eigenvalue weighted by Gasteiger charge is 2.29. The molecule has 0 radical (unpaired) electrons. The van der Waals surface area contributed by atoms with Gasteiger partial charge in [0.2, 0.25) is 5.91 Å². The summed E-state index contributed by atoms with van der Waals surface area (Å²) in [7, 11) is -3.02. The Morgan fingerprint density at radius 1 is 1.07 bits per heavy atom. The highest BCUT2D eigenvalue weighted by atomic mass is 32.2. The monoisotopic (exact) mass is 433 g/mol. The minimum atomic E-state index is -3.02. The molecule has 2 aromatic rings. The van der Waals surface area contributed by atoms with Crippen LogP contribution in [0, 0.1) is 0 Å². The molecular weight excluding hydrogens is 406 g/mol. The SMILES string of the molecule is CS(=O)(=O)CCN1CCN(C(=O)C(Cc2ccccc2)NC(=O)c2ccco2)CC1. The van der Waals surface area contributed by atoms with E-state index in [0.29, 0.717) is 39.1 Å². The van der Waals surface area contributed by atoms with Gasteiger partial charge in [-0.1, -0.05) is 30.3 Å². The molecule has 1 aliphatic heterocycles. The van der Waals surface area contributed by atoms with E-state index in [1.54, 1.807) is 17.0 Å². The number of nitrogens with zero attached hydrogens (tertiary/aromatic N) is 2. The van der Waals surface area contributed by atoms with Crippen LogP contribution < -0.4 is 5.32 Å². The second kappa shape index (κ2) is 9.90. The summed E-state index contributed by atoms with van der Waals surface area (Å²) in [6.45, 7) is 2.65. The average Bonchev–Trinajstić information content (AvgIpc) is 3.27. The number of carbonyl (C=O) groups excluding carboxylic acids is 2. The number of hydrogen-bond acceptors (Lipinski definition) is 6. The molecule has 162 valence electrons. The number of furan rings is 1. The van der Waals surface area contributed by atoms with Crippen LogP contribution in [0.3, 0.4) is 0 Å². The Labute approximate surface area is 176 Å². The first kappa shape index (κ1) is 22.0. The van der Waals surface area contributed by atoms with E-state index in [4.69, 9.17) is 4.42 Å². The summed E-state index contributed by atoms with van der Waals surface area (Å²) in [5, 5.41) is 2.80. The summed E-state index contributed by atoms with van der Waals surface area (Å²) in [6, 6.07) is 12.0. The molecule has 1 N–H and O–H groups in total. The first-order valence-corrected chi connectivity index (χ1v) is 11.9. The lowest BCUT2D eigenvalue weighted by Crippen LogP contribution is -2.55. The minimum Gasteiger partial charge on any atom is -0.459 e. The fourth-order valence-electron chi connectivity index (χ4n) is 3.39. The maximum atomic E-state index is 13.2. The van der Waals surface area contributed by atoms with E-state index in [1.807, 2.05) is 35.2 Å². The van der Waals surface area contributed by atoms with Crippen LogP contribution in [-0.4, -0.2) is 80.8 Å². The molecule has 0 bridgehead atoms. The van der Waals surface area contributed by atoms with Crippen molar-refractivity contribution in [1.82, 2.24) is 15.1 Å². The standard InChI is InChI=1S/C21H27N3O5S/c1-30(27,28)15-13-23-9-11-24(12-10-23)21(26)18(16-17-6-3-2-4-7-17)22-20(25)19-8-5-14-29-19/h2-8,14,18H,9-13,15-16H2,1H3,(H,22,25). The molecule has 1 saturated heterocycles. The Morgan fingerprint density at radius 3 is 2.37 bits per heavy atom. The van der Waals surface area contributed by atoms with E-state index >= 15 is 0 Å². The van der Waals surface area contributed by atoms with Crippen LogP contribution in [0.2, 0.25) is 0 Å². The molecule has 30 heavy (non-hydrogen) atoms. The Morgan fingerprint density at radius 2 is 1.77 bits per heavy atom. The van der Waals surface area contributed by atoms with Gasteiger partial charge in [0.15, 0.2) is 5.76 Å². The molecule has 2 heterocycles. The highest BCUT2D eigenvalue weighted by molar-refractivity contribution is 7.90. The lowest BCUT2D eigenvalue weighted by atomic mass is 10.0. The van der Waals surface area contributed by atoms with Crippen molar-refractivity contribution < 1.29 is 22.4 Å². The number of piperazine rings is 1. The van der Waals surface area contributed by atoms with Gasteiger partial charge in [-0.3, -0.25) is 14.5 Å². The molecule has 1 aromatic heterocycles. The summed E-state index contributed by atoms with van der Waals surface area (Å²) in [5.74, 6) is -0.314. The molecule has 8 nitrogen and oxygen atoms in total. The molecule has 1 atom stereocenters. The highest BCUT2D eigenvalue weighted by Crippen LogP contribution is 2.11. The van der Waals surface area contributed by atoms with Crippen molar-refractivity contribution in [2.24, 2.45) is 0 Å². The van der Waals surface area contributed by atoms with Crippen LogP contribution >= 0.6 is 0 Å². The van der Waals surface area contributed by atoms with Gasteiger partial charge in [0, 0.05) is 45.4 Å². The summed E-state index contributed by atoms with van der Waals surface area (Å²) >= 11 is 0. The first-order valence-electron chi connectivity index (χ1n) is 9.89. The lowest BCUT2D eigenvalue weighted by molar-refractivity contribution is -0.135. The van der Waals surface area contributed by atoms with Gasteiger partial charge in [-0.15, -0.1) is 0 Å². The average molecular weight is 434 g/mol. The van der Waals surface area contributed by atoms with Crippen LogP contribution in [0.4, 0.5) is 0 Å². The third-order valence-corrected chi connectivity index (χ3v) is 6.02. The summed E-state index contributed by atoms with van der Waals surface area (Å²) in [6.07, 6.45) is 3.02. The van der Waals surface area contributed by atoms with E-state index in [9.17, 15) is 18.0 Å². The number of amides is 2. The molecule has 1 fully saturated rings. The van der Waals surface area contributed by atoms with Gasteiger partial charge in [0.25, 0.3) is 5.91 Å². The Kier molecular flexibility index (Phi) is 7.28. The van der Waals surface area contributed by atoms with Crippen molar-refractivity contribution >= 4 is 21.7 Å². The molecule has 3 rings (SSSR count). The zero-order chi connectivity index (χ0) is 21.6. The summed E-state index contributed by atoms with van der Waals surface area (Å²) in [4.78, 5) is 29.5. The van der Waals surface area contributed by atoms with E-state index in [0.717, 1.165) is 5.56 Å². The van der Waals surface area contributed by atoms with Crippen molar-refractivity contribution in [2.45, 2.75) is 12.5 Å². The van der Waals surface area contributed by atoms with Crippen LogP contribution in [0.15, 0.2) is 53.1 Å². The van der Waals surface area contributed by atoms with Gasteiger partial charge < -0.3 is 14.6 Å². The molecule has 0 saturated carbocycles. The number of sulfone groups is 1. The van der Waals surface area contributed by atoms with Crippen molar-refractivity contribution in [2.75, 3.05) is 44.7 Å². The number of carbonyl (C=O) groups is 2. The van der Waals surface area contributed by atoms with Crippen molar-refractivity contribution in [3.05, 3.63) is 60.1 Å². The third-order valence-electron chi connectivity index (χ3n) is 5.09. The van der Waals surface area contributed by atoms with Crippen molar-refractivity contribution in [3.63, 3.8) is 0 Å². The van der Waals surface area contributed by atoms with Crippen LogP contribution in [0.1, 0.15) is 16.1 Å². The van der Waals surface area contributed by atoms with E-state index in [1.165, 1.54) is 12.5 Å². The van der Waals surface area contributed by atoms with Gasteiger partial charge in [-0.05, 0) is 17.7 Å². The zero-order valence-corrected chi connectivity index (χ0v) is 17.8. The van der Waals surface area contributed by atoms with Gasteiger partial charge >= 0.3 is 0 Å². The smallest absolute Gasteiger partial charge is 0.287 e. The maximum Gasteiger partial charge on any atom is 0.287 e.